The molecule has 2 aliphatic heterocycles. The molecule has 0 radical (unpaired) electrons. The first kappa shape index (κ1) is 19.5. The Kier molecular flexibility index (Phi) is 4.19. The van der Waals surface area contributed by atoms with Gasteiger partial charge in [-0.3, -0.25) is 9.79 Å². The van der Waals surface area contributed by atoms with Crippen molar-refractivity contribution in [1.82, 2.24) is 0 Å². The molecule has 0 bridgehead atoms. The minimum absolute atomic E-state index is 0.0794. The Labute approximate surface area is 197 Å². The van der Waals surface area contributed by atoms with Gasteiger partial charge in [-0.05, 0) is 70.5 Å². The SMILES string of the molecule is O=C1C(c2cc3c(c4ccccc24)NCCC3)=C(O)/C1=c1/cc2c(c3ccccc13)=NCCC2. The molecule has 4 aromatic rings. The van der Waals surface area contributed by atoms with Crippen LogP contribution >= 0.6 is 0 Å². The summed E-state index contributed by atoms with van der Waals surface area (Å²) < 4.78 is 0. The number of aliphatic hydroxyl groups is 1. The molecule has 1 aliphatic carbocycles. The number of hydrogen-bond donors (Lipinski definition) is 2. The van der Waals surface area contributed by atoms with E-state index in [1.807, 2.05) is 36.4 Å². The molecule has 2 N–H and O–H groups in total. The number of nitrogens with zero attached hydrogens (tertiary/aromatic N) is 1. The minimum atomic E-state index is -0.0794. The fourth-order valence-electron chi connectivity index (χ4n) is 5.90. The van der Waals surface area contributed by atoms with Gasteiger partial charge in [-0.25, -0.2) is 0 Å². The Morgan fingerprint density at radius 2 is 1.53 bits per heavy atom. The molecule has 4 aromatic carbocycles. The maximum absolute atomic E-state index is 13.7. The molecule has 0 spiro atoms. The van der Waals surface area contributed by atoms with Gasteiger partial charge in [0.2, 0.25) is 5.78 Å². The lowest BCUT2D eigenvalue weighted by atomic mass is 9.78. The molecule has 3 aliphatic rings. The molecule has 34 heavy (non-hydrogen) atoms. The van der Waals surface area contributed by atoms with Crippen LogP contribution in [0.25, 0.3) is 32.7 Å². The van der Waals surface area contributed by atoms with Crippen molar-refractivity contribution in [3.8, 4) is 0 Å². The van der Waals surface area contributed by atoms with E-state index in [0.29, 0.717) is 11.1 Å². The first-order chi connectivity index (χ1) is 16.7. The van der Waals surface area contributed by atoms with Crippen LogP contribution in [0.2, 0.25) is 0 Å². The highest BCUT2D eigenvalue weighted by atomic mass is 16.3. The van der Waals surface area contributed by atoms with E-state index in [9.17, 15) is 9.90 Å². The zero-order chi connectivity index (χ0) is 22.8. The van der Waals surface area contributed by atoms with Crippen molar-refractivity contribution in [2.45, 2.75) is 25.7 Å². The van der Waals surface area contributed by atoms with Gasteiger partial charge >= 0.3 is 0 Å². The van der Waals surface area contributed by atoms with Crippen LogP contribution in [0.3, 0.4) is 0 Å². The fraction of sp³-hybridized carbons (Fsp3) is 0.200. The highest BCUT2D eigenvalue weighted by Gasteiger charge is 2.37. The van der Waals surface area contributed by atoms with Gasteiger partial charge in [0.1, 0.15) is 5.76 Å². The number of nitrogens with one attached hydrogen (secondary N) is 1. The second kappa shape index (κ2) is 7.29. The number of rotatable bonds is 1. The molecular weight excluding hydrogens is 420 g/mol. The Hall–Kier alpha value is -3.92. The first-order valence-corrected chi connectivity index (χ1v) is 12.1. The summed E-state index contributed by atoms with van der Waals surface area (Å²) in [6, 6.07) is 20.4. The summed E-state index contributed by atoms with van der Waals surface area (Å²) >= 11 is 0. The molecule has 0 saturated carbocycles. The summed E-state index contributed by atoms with van der Waals surface area (Å²) in [7, 11) is 0. The number of ketones is 1. The van der Waals surface area contributed by atoms with Gasteiger partial charge < -0.3 is 10.4 Å². The minimum Gasteiger partial charge on any atom is -0.506 e. The van der Waals surface area contributed by atoms with Crippen molar-refractivity contribution in [3.05, 3.63) is 93.7 Å². The summed E-state index contributed by atoms with van der Waals surface area (Å²) in [5, 5.41) is 20.9. The second-order valence-corrected chi connectivity index (χ2v) is 9.42. The number of fused-ring (bicyclic) bond motifs is 6. The maximum Gasteiger partial charge on any atom is 0.201 e. The smallest absolute Gasteiger partial charge is 0.201 e. The van der Waals surface area contributed by atoms with E-state index >= 15 is 0 Å². The van der Waals surface area contributed by atoms with E-state index in [1.54, 1.807) is 0 Å². The predicted molar refractivity (Wildman–Crippen MR) is 137 cm³/mol. The maximum atomic E-state index is 13.7. The Balaban J connectivity index is 1.53. The third kappa shape index (κ3) is 2.65. The molecule has 0 amide bonds. The van der Waals surface area contributed by atoms with E-state index in [4.69, 9.17) is 4.99 Å². The van der Waals surface area contributed by atoms with Crippen LogP contribution in [0.5, 0.6) is 0 Å². The lowest BCUT2D eigenvalue weighted by Gasteiger charge is -2.27. The molecule has 4 nitrogen and oxygen atoms in total. The van der Waals surface area contributed by atoms with Crippen molar-refractivity contribution < 1.29 is 9.90 Å². The number of aliphatic hydroxyl groups excluding tert-OH is 1. The molecule has 0 atom stereocenters. The normalized spacial score (nSPS) is 18.8. The lowest BCUT2D eigenvalue weighted by Crippen LogP contribution is -2.30. The van der Waals surface area contributed by atoms with Gasteiger partial charge in [-0.15, -0.1) is 0 Å². The van der Waals surface area contributed by atoms with Crippen LogP contribution in [0, 0.1) is 0 Å². The van der Waals surface area contributed by atoms with Crippen molar-refractivity contribution in [2.24, 2.45) is 4.99 Å². The third-order valence-corrected chi connectivity index (χ3v) is 7.49. The van der Waals surface area contributed by atoms with E-state index in [0.717, 1.165) is 87.7 Å². The zero-order valence-corrected chi connectivity index (χ0v) is 18.8. The molecule has 7 rings (SSSR count). The van der Waals surface area contributed by atoms with Crippen LogP contribution in [0.1, 0.15) is 29.5 Å². The number of hydrogen-bond acceptors (Lipinski definition) is 4. The highest BCUT2D eigenvalue weighted by Crippen LogP contribution is 2.43. The molecule has 0 aromatic heterocycles. The summed E-state index contributed by atoms with van der Waals surface area (Å²) in [6.45, 7) is 1.79. The van der Waals surface area contributed by atoms with Crippen molar-refractivity contribution in [2.75, 3.05) is 18.4 Å². The quantitative estimate of drug-likeness (QED) is 0.450. The van der Waals surface area contributed by atoms with Crippen molar-refractivity contribution in [3.63, 3.8) is 0 Å². The molecular formula is C30H24N2O2. The monoisotopic (exact) mass is 444 g/mol. The van der Waals surface area contributed by atoms with Crippen molar-refractivity contribution >= 4 is 44.2 Å². The summed E-state index contributed by atoms with van der Waals surface area (Å²) in [5.74, 6) is 0.0287. The molecule has 0 unspecified atom stereocenters. The Bertz CT molecular complexity index is 1710. The molecule has 0 fully saturated rings. The first-order valence-electron chi connectivity index (χ1n) is 12.1. The number of anilines is 1. The Morgan fingerprint density at radius 3 is 2.35 bits per heavy atom. The number of aryl methyl sites for hydroxylation is 2. The number of carbonyl (C=O) groups excluding carboxylic acids is 1. The molecule has 2 heterocycles. The topological polar surface area (TPSA) is 61.7 Å². The summed E-state index contributed by atoms with van der Waals surface area (Å²) in [4.78, 5) is 18.5. The van der Waals surface area contributed by atoms with E-state index in [2.05, 4.69) is 29.6 Å². The van der Waals surface area contributed by atoms with Crippen LogP contribution in [0.15, 0.2) is 71.4 Å². The van der Waals surface area contributed by atoms with Crippen LogP contribution in [0.4, 0.5) is 5.69 Å². The van der Waals surface area contributed by atoms with Gasteiger partial charge in [-0.1, -0.05) is 48.5 Å². The fourth-order valence-corrected chi connectivity index (χ4v) is 5.90. The van der Waals surface area contributed by atoms with Gasteiger partial charge in [-0.2, -0.15) is 0 Å². The van der Waals surface area contributed by atoms with E-state index in [1.165, 1.54) is 5.56 Å². The van der Waals surface area contributed by atoms with Gasteiger partial charge in [0, 0.05) is 29.5 Å². The van der Waals surface area contributed by atoms with Crippen molar-refractivity contribution in [1.29, 1.82) is 0 Å². The average molecular weight is 445 g/mol. The number of Topliss-reactive ketones (excluding diaryl/α,β-unsaturated/α-hetero) is 1. The van der Waals surface area contributed by atoms with E-state index in [-0.39, 0.29) is 11.5 Å². The molecule has 166 valence electrons. The average Bonchev–Trinajstić information content (AvgIpc) is 2.89. The van der Waals surface area contributed by atoms with Crippen LogP contribution < -0.4 is 15.9 Å². The zero-order valence-electron chi connectivity index (χ0n) is 18.8. The highest BCUT2D eigenvalue weighted by molar-refractivity contribution is 6.52. The van der Waals surface area contributed by atoms with Gasteiger partial charge in [0.25, 0.3) is 0 Å². The lowest BCUT2D eigenvalue weighted by molar-refractivity contribution is -0.109. The van der Waals surface area contributed by atoms with E-state index < -0.39 is 0 Å². The molecule has 0 saturated heterocycles. The van der Waals surface area contributed by atoms with Gasteiger partial charge in [0.05, 0.1) is 16.5 Å². The third-order valence-electron chi connectivity index (χ3n) is 7.49. The number of carbonyl (C=O) groups is 1. The standard InChI is InChI=1S/C30H24N2O2/c33-29-25(23-15-17-7-5-13-31-27(17)21-11-3-1-9-19(21)23)30(34)26(29)24-16-18-8-6-14-32-28(18)22-12-4-2-10-20(22)24/h1-4,9-12,15-16,31,33H,5-8,13-14H2/b26-24+. The largest absolute Gasteiger partial charge is 0.506 e. The number of allylic oxidation sites excluding steroid dienone is 2. The number of benzene rings is 4. The van der Waals surface area contributed by atoms with Crippen LogP contribution in [-0.2, 0) is 17.6 Å². The van der Waals surface area contributed by atoms with Crippen LogP contribution in [-0.4, -0.2) is 24.0 Å². The Morgan fingerprint density at radius 1 is 0.794 bits per heavy atom. The molecule has 4 heteroatoms. The predicted octanol–water partition coefficient (Wildman–Crippen LogP) is 4.62. The van der Waals surface area contributed by atoms with Gasteiger partial charge in [0.15, 0.2) is 0 Å². The second-order valence-electron chi connectivity index (χ2n) is 9.42. The summed E-state index contributed by atoms with van der Waals surface area (Å²) in [6.07, 6.45) is 3.99. The summed E-state index contributed by atoms with van der Waals surface area (Å²) in [5.41, 5.74) is 5.23.